The quantitative estimate of drug-likeness (QED) is 0.164. The summed E-state index contributed by atoms with van der Waals surface area (Å²) >= 11 is 0. The van der Waals surface area contributed by atoms with E-state index in [1.54, 1.807) is 0 Å². The molecule has 3 heteroatoms. The van der Waals surface area contributed by atoms with Gasteiger partial charge in [0.1, 0.15) is 0 Å². The first-order valence-corrected chi connectivity index (χ1v) is 21.6. The van der Waals surface area contributed by atoms with Gasteiger partial charge in [0.25, 0.3) is 0 Å². The summed E-state index contributed by atoms with van der Waals surface area (Å²) in [5, 5.41) is 2.59. The molecular weight excluding hydrogens is 735 g/mol. The number of para-hydroxylation sites is 2. The molecule has 290 valence electrons. The molecule has 9 aromatic carbocycles. The molecule has 0 fully saturated rings. The number of hydrogen-bond donors (Lipinski definition) is 0. The zero-order valence-corrected chi connectivity index (χ0v) is 35.3. The molecular formula is C58H45BN2. The molecule has 0 aromatic heterocycles. The molecule has 0 aliphatic carbocycles. The van der Waals surface area contributed by atoms with Gasteiger partial charge in [0.05, 0.1) is 5.69 Å². The maximum Gasteiger partial charge on any atom is 0.333 e. The van der Waals surface area contributed by atoms with Gasteiger partial charge >= 0.3 is 6.85 Å². The van der Waals surface area contributed by atoms with Crippen LogP contribution in [0.2, 0.25) is 0 Å². The molecule has 0 saturated carbocycles. The van der Waals surface area contributed by atoms with Gasteiger partial charge in [0, 0.05) is 33.7 Å². The Morgan fingerprint density at radius 1 is 0.475 bits per heavy atom. The lowest BCUT2D eigenvalue weighted by molar-refractivity contribution is 0.638. The van der Waals surface area contributed by atoms with Crippen molar-refractivity contribution in [1.29, 1.82) is 0 Å². The van der Waals surface area contributed by atoms with E-state index < -0.39 is 0 Å². The van der Waals surface area contributed by atoms with E-state index in [1.807, 2.05) is 0 Å². The number of nitrogens with zero attached hydrogens (tertiary/aromatic N) is 2. The van der Waals surface area contributed by atoms with E-state index in [9.17, 15) is 0 Å². The molecule has 61 heavy (non-hydrogen) atoms. The predicted molar refractivity (Wildman–Crippen MR) is 260 cm³/mol. The Labute approximate surface area is 359 Å². The van der Waals surface area contributed by atoms with Gasteiger partial charge < -0.3 is 9.71 Å². The van der Waals surface area contributed by atoms with Gasteiger partial charge in [-0.1, -0.05) is 159 Å². The van der Waals surface area contributed by atoms with Gasteiger partial charge in [0.15, 0.2) is 0 Å². The minimum atomic E-state index is -0.259. The summed E-state index contributed by atoms with van der Waals surface area (Å²) < 4.78 is 0. The van der Waals surface area contributed by atoms with Crippen LogP contribution in [0.1, 0.15) is 41.7 Å². The van der Waals surface area contributed by atoms with Crippen LogP contribution in [0, 0.1) is 20.8 Å². The monoisotopic (exact) mass is 780 g/mol. The zero-order valence-electron chi connectivity index (χ0n) is 35.3. The van der Waals surface area contributed by atoms with Crippen molar-refractivity contribution in [2.24, 2.45) is 0 Å². The summed E-state index contributed by atoms with van der Waals surface area (Å²) in [6.07, 6.45) is 0. The fourth-order valence-corrected chi connectivity index (χ4v) is 11.4. The summed E-state index contributed by atoms with van der Waals surface area (Å²) in [4.78, 5) is 5.31. The second-order valence-electron chi connectivity index (χ2n) is 17.9. The minimum Gasteiger partial charge on any atom is -0.376 e. The van der Waals surface area contributed by atoms with Crippen LogP contribution >= 0.6 is 0 Å². The number of aryl methyl sites for hydroxylation is 3. The van der Waals surface area contributed by atoms with Crippen molar-refractivity contribution in [3.8, 4) is 44.5 Å². The SMILES string of the molecule is Cc1cc(C)c(-c2cc3c4c(c2)N2c5ccc6ccccc6c5C(C)(C)c5cccc(c52)B4N(c2cc(-c4ccccc4)cc(-c4ccccc4)c2)c2ccccc2-3)c(C)c1. The highest BCUT2D eigenvalue weighted by Gasteiger charge is 2.50. The largest absolute Gasteiger partial charge is 0.376 e. The highest BCUT2D eigenvalue weighted by atomic mass is 15.2. The summed E-state index contributed by atoms with van der Waals surface area (Å²) in [6.45, 7) is 11.5. The van der Waals surface area contributed by atoms with Crippen LogP contribution in [0.3, 0.4) is 0 Å². The van der Waals surface area contributed by atoms with Gasteiger partial charge in [-0.15, -0.1) is 0 Å². The van der Waals surface area contributed by atoms with Gasteiger partial charge in [-0.2, -0.15) is 0 Å². The highest BCUT2D eigenvalue weighted by molar-refractivity contribution is 6.93. The van der Waals surface area contributed by atoms with E-state index in [0.717, 1.165) is 0 Å². The van der Waals surface area contributed by atoms with Crippen molar-refractivity contribution in [3.63, 3.8) is 0 Å². The van der Waals surface area contributed by atoms with Gasteiger partial charge in [-0.3, -0.25) is 0 Å². The van der Waals surface area contributed by atoms with Crippen molar-refractivity contribution in [2.75, 3.05) is 9.71 Å². The molecule has 9 aromatic rings. The Kier molecular flexibility index (Phi) is 7.75. The normalized spacial score (nSPS) is 14.0. The summed E-state index contributed by atoms with van der Waals surface area (Å²) in [6, 6.07) is 68.6. The second-order valence-corrected chi connectivity index (χ2v) is 17.9. The highest BCUT2D eigenvalue weighted by Crippen LogP contribution is 2.57. The van der Waals surface area contributed by atoms with E-state index in [-0.39, 0.29) is 12.3 Å². The molecule has 0 bridgehead atoms. The van der Waals surface area contributed by atoms with Crippen molar-refractivity contribution in [3.05, 3.63) is 210 Å². The summed E-state index contributed by atoms with van der Waals surface area (Å²) in [7, 11) is 0. The van der Waals surface area contributed by atoms with Crippen LogP contribution in [0.15, 0.2) is 182 Å². The van der Waals surface area contributed by atoms with Crippen LogP contribution in [-0.2, 0) is 5.41 Å². The molecule has 3 aliphatic rings. The number of hydrogen-bond acceptors (Lipinski definition) is 2. The lowest BCUT2D eigenvalue weighted by Crippen LogP contribution is -2.62. The van der Waals surface area contributed by atoms with Crippen molar-refractivity contribution >= 4 is 57.0 Å². The lowest BCUT2D eigenvalue weighted by atomic mass is 9.42. The fourth-order valence-electron chi connectivity index (χ4n) is 11.4. The third kappa shape index (κ3) is 5.23. The predicted octanol–water partition coefficient (Wildman–Crippen LogP) is 14.1. The molecule has 0 amide bonds. The number of rotatable bonds is 4. The second kappa shape index (κ2) is 13.2. The van der Waals surface area contributed by atoms with Crippen LogP contribution in [0.5, 0.6) is 0 Å². The molecule has 12 rings (SSSR count). The molecule has 0 spiro atoms. The third-order valence-corrected chi connectivity index (χ3v) is 13.8. The number of fused-ring (bicyclic) bond motifs is 8. The Morgan fingerprint density at radius 3 is 1.85 bits per heavy atom. The minimum absolute atomic E-state index is 0.0900. The average Bonchev–Trinajstić information content (AvgIpc) is 3.28. The first kappa shape index (κ1) is 35.8. The number of benzene rings is 9. The smallest absolute Gasteiger partial charge is 0.333 e. The van der Waals surface area contributed by atoms with Crippen molar-refractivity contribution < 1.29 is 0 Å². The van der Waals surface area contributed by atoms with Crippen molar-refractivity contribution in [1.82, 2.24) is 0 Å². The molecule has 3 heterocycles. The lowest BCUT2D eigenvalue weighted by Gasteiger charge is -2.51. The van der Waals surface area contributed by atoms with E-state index >= 15 is 0 Å². The Morgan fingerprint density at radius 2 is 1.13 bits per heavy atom. The van der Waals surface area contributed by atoms with Crippen LogP contribution in [0.25, 0.3) is 55.3 Å². The maximum absolute atomic E-state index is 2.66. The molecule has 2 nitrogen and oxygen atoms in total. The Balaban J connectivity index is 1.21. The van der Waals surface area contributed by atoms with Crippen LogP contribution in [0.4, 0.5) is 28.4 Å². The standard InChI is InChI=1S/C58H45BN2/c1-36-29-37(2)54(38(3)30-36)44-34-48-47-23-14-15-26-51(47)61(45-32-42(39-17-8-6-9-18-39)31-43(33-45)40-19-10-7-11-20-40)59-50-25-16-24-49-57(50)60(53(35-44)56(48)59)52-28-27-41-21-12-13-22-46(41)55(52)58(49,4)5/h6-35H,1-5H3. The van der Waals surface area contributed by atoms with E-state index in [4.69, 9.17) is 0 Å². The molecule has 3 aliphatic heterocycles. The number of anilines is 5. The molecule has 0 N–H and O–H groups in total. The van der Waals surface area contributed by atoms with Gasteiger partial charge in [-0.25, -0.2) is 0 Å². The zero-order chi connectivity index (χ0) is 41.1. The van der Waals surface area contributed by atoms with Crippen molar-refractivity contribution in [2.45, 2.75) is 40.0 Å². The average molecular weight is 781 g/mol. The molecule has 0 saturated heterocycles. The first-order valence-electron chi connectivity index (χ1n) is 21.6. The fraction of sp³-hybridized carbons (Fsp3) is 0.103. The van der Waals surface area contributed by atoms with Gasteiger partial charge in [0.2, 0.25) is 0 Å². The molecule has 0 atom stereocenters. The maximum atomic E-state index is 2.66. The molecule has 0 radical (unpaired) electrons. The van der Waals surface area contributed by atoms with E-state index in [0.29, 0.717) is 0 Å². The summed E-state index contributed by atoms with van der Waals surface area (Å²) in [5.41, 5.74) is 25.2. The van der Waals surface area contributed by atoms with Crippen LogP contribution in [-0.4, -0.2) is 6.85 Å². The Bertz CT molecular complexity index is 3190. The topological polar surface area (TPSA) is 6.48 Å². The van der Waals surface area contributed by atoms with Crippen LogP contribution < -0.4 is 20.6 Å². The molecule has 0 unspecified atom stereocenters. The third-order valence-electron chi connectivity index (χ3n) is 13.8. The van der Waals surface area contributed by atoms with Gasteiger partial charge in [-0.05, 0) is 146 Å². The first-order chi connectivity index (χ1) is 29.8. The summed E-state index contributed by atoms with van der Waals surface area (Å²) in [5.74, 6) is 0. The van der Waals surface area contributed by atoms with E-state index in [2.05, 4.69) is 226 Å². The van der Waals surface area contributed by atoms with E-state index in [1.165, 1.54) is 122 Å². The Hall–Kier alpha value is -7.10.